The zero-order valence-corrected chi connectivity index (χ0v) is 17.8. The molecule has 1 aliphatic heterocycles. The van der Waals surface area contributed by atoms with Crippen LogP contribution < -0.4 is 10.6 Å². The highest BCUT2D eigenvalue weighted by atomic mass is 19.4. The molecule has 0 fully saturated rings. The van der Waals surface area contributed by atoms with Gasteiger partial charge in [-0.05, 0) is 51.3 Å². The third-order valence-electron chi connectivity index (χ3n) is 4.80. The van der Waals surface area contributed by atoms with E-state index in [-0.39, 0.29) is 17.3 Å². The third kappa shape index (κ3) is 5.33. The number of rotatable bonds is 3. The number of hydrogen-bond acceptors (Lipinski definition) is 4. The first-order chi connectivity index (χ1) is 14.4. The molecule has 8 nitrogen and oxygen atoms in total. The number of nitrogens with one attached hydrogen (secondary N) is 2. The van der Waals surface area contributed by atoms with Crippen LogP contribution in [0.3, 0.4) is 0 Å². The average molecular weight is 438 g/mol. The molecule has 168 valence electrons. The number of urea groups is 1. The van der Waals surface area contributed by atoms with Gasteiger partial charge in [0.1, 0.15) is 6.54 Å². The summed E-state index contributed by atoms with van der Waals surface area (Å²) in [6.07, 6.45) is -3.94. The van der Waals surface area contributed by atoms with Crippen molar-refractivity contribution in [2.24, 2.45) is 0 Å². The maximum absolute atomic E-state index is 12.5. The summed E-state index contributed by atoms with van der Waals surface area (Å²) in [7, 11) is 0. The van der Waals surface area contributed by atoms with Crippen molar-refractivity contribution >= 4 is 11.9 Å². The van der Waals surface area contributed by atoms with Crippen LogP contribution in [0.25, 0.3) is 5.69 Å². The molecule has 3 rings (SSSR count). The molecule has 1 aromatic heterocycles. The number of alkyl halides is 3. The Hall–Kier alpha value is -3.11. The van der Waals surface area contributed by atoms with E-state index in [1.807, 2.05) is 44.3 Å². The van der Waals surface area contributed by atoms with E-state index in [0.717, 1.165) is 11.1 Å². The van der Waals surface area contributed by atoms with Crippen LogP contribution in [0.1, 0.15) is 48.1 Å². The lowest BCUT2D eigenvalue weighted by atomic mass is 9.97. The third-order valence-corrected chi connectivity index (χ3v) is 4.80. The Bertz CT molecular complexity index is 994. The second-order valence-electron chi connectivity index (χ2n) is 8.50. The van der Waals surface area contributed by atoms with Gasteiger partial charge in [-0.3, -0.25) is 4.79 Å². The van der Waals surface area contributed by atoms with Gasteiger partial charge in [0.05, 0.1) is 11.4 Å². The van der Waals surface area contributed by atoms with Gasteiger partial charge in [-0.2, -0.15) is 13.2 Å². The van der Waals surface area contributed by atoms with Crippen molar-refractivity contribution in [3.63, 3.8) is 0 Å². The van der Waals surface area contributed by atoms with Gasteiger partial charge in [0.25, 0.3) is 5.91 Å². The van der Waals surface area contributed by atoms with Crippen molar-refractivity contribution < 1.29 is 22.8 Å². The minimum Gasteiger partial charge on any atom is -0.341 e. The van der Waals surface area contributed by atoms with Gasteiger partial charge in [-0.15, -0.1) is 5.10 Å². The van der Waals surface area contributed by atoms with Gasteiger partial charge in [0, 0.05) is 18.6 Å². The molecule has 3 amide bonds. The SMILES string of the molecule is Cc1c(C(=O)NCC(F)(F)F)nnn1-c1cccc2c1CCN(C(=O)NC(C)(C)C)C2. The summed E-state index contributed by atoms with van der Waals surface area (Å²) in [5.41, 5.74) is 2.40. The zero-order valence-electron chi connectivity index (χ0n) is 17.8. The average Bonchev–Trinajstić information content (AvgIpc) is 3.04. The number of halogens is 3. The maximum Gasteiger partial charge on any atom is 0.405 e. The topological polar surface area (TPSA) is 92.2 Å². The molecule has 2 heterocycles. The largest absolute Gasteiger partial charge is 0.405 e. The smallest absolute Gasteiger partial charge is 0.341 e. The molecule has 0 aliphatic carbocycles. The monoisotopic (exact) mass is 438 g/mol. The van der Waals surface area contributed by atoms with Gasteiger partial charge in [-0.1, -0.05) is 17.3 Å². The fraction of sp³-hybridized carbons (Fsp3) is 0.500. The summed E-state index contributed by atoms with van der Waals surface area (Å²) in [5.74, 6) is -0.934. The summed E-state index contributed by atoms with van der Waals surface area (Å²) in [6, 6.07) is 5.38. The number of hydrogen-bond donors (Lipinski definition) is 2. The molecular formula is C20H25F3N6O2. The molecule has 31 heavy (non-hydrogen) atoms. The minimum absolute atomic E-state index is 0.149. The van der Waals surface area contributed by atoms with Crippen LogP contribution in [0, 0.1) is 6.92 Å². The molecule has 0 atom stereocenters. The van der Waals surface area contributed by atoms with E-state index in [4.69, 9.17) is 0 Å². The van der Waals surface area contributed by atoms with E-state index >= 15 is 0 Å². The van der Waals surface area contributed by atoms with Crippen molar-refractivity contribution in [3.05, 3.63) is 40.7 Å². The first-order valence-electron chi connectivity index (χ1n) is 9.81. The zero-order chi connectivity index (χ0) is 23.0. The second-order valence-corrected chi connectivity index (χ2v) is 8.50. The van der Waals surface area contributed by atoms with Crippen molar-refractivity contribution in [1.29, 1.82) is 0 Å². The molecular weight excluding hydrogens is 413 g/mol. The molecule has 0 spiro atoms. The molecule has 0 bridgehead atoms. The van der Waals surface area contributed by atoms with E-state index in [2.05, 4.69) is 15.6 Å². The summed E-state index contributed by atoms with van der Waals surface area (Å²) in [6.45, 7) is 6.79. The molecule has 0 radical (unpaired) electrons. The van der Waals surface area contributed by atoms with E-state index < -0.39 is 18.6 Å². The highest BCUT2D eigenvalue weighted by Gasteiger charge is 2.30. The standard InChI is InChI=1S/C20H25F3N6O2/c1-12-16(17(30)24-11-20(21,22)23)26-27-29(12)15-7-5-6-13-10-28(9-8-14(13)15)18(31)25-19(2,3)4/h5-7H,8-11H2,1-4H3,(H,24,30)(H,25,31). The minimum atomic E-state index is -4.51. The second kappa shape index (κ2) is 8.20. The predicted octanol–water partition coefficient (Wildman–Crippen LogP) is 2.73. The molecule has 0 saturated carbocycles. The first-order valence-corrected chi connectivity index (χ1v) is 9.81. The van der Waals surface area contributed by atoms with Crippen molar-refractivity contribution in [1.82, 2.24) is 30.5 Å². The Kier molecular flexibility index (Phi) is 5.97. The van der Waals surface area contributed by atoms with Gasteiger partial charge >= 0.3 is 12.2 Å². The lowest BCUT2D eigenvalue weighted by molar-refractivity contribution is -0.123. The quantitative estimate of drug-likeness (QED) is 0.771. The van der Waals surface area contributed by atoms with Gasteiger partial charge in [0.15, 0.2) is 5.69 Å². The van der Waals surface area contributed by atoms with Crippen LogP contribution in [0.4, 0.5) is 18.0 Å². The van der Waals surface area contributed by atoms with Crippen LogP contribution in [0.2, 0.25) is 0 Å². The molecule has 0 unspecified atom stereocenters. The van der Waals surface area contributed by atoms with Crippen LogP contribution in [0.5, 0.6) is 0 Å². The Labute approximate surface area is 177 Å². The normalized spacial score (nSPS) is 14.2. The summed E-state index contributed by atoms with van der Waals surface area (Å²) < 4.78 is 38.6. The number of fused-ring (bicyclic) bond motifs is 1. The molecule has 1 aliphatic rings. The molecule has 2 N–H and O–H groups in total. The highest BCUT2D eigenvalue weighted by molar-refractivity contribution is 5.93. The number of amides is 3. The number of carbonyl (C=O) groups excluding carboxylic acids is 2. The van der Waals surface area contributed by atoms with Crippen LogP contribution in [0.15, 0.2) is 18.2 Å². The fourth-order valence-corrected chi connectivity index (χ4v) is 3.39. The lowest BCUT2D eigenvalue weighted by Crippen LogP contribution is -2.49. The summed E-state index contributed by atoms with van der Waals surface area (Å²) >= 11 is 0. The Morgan fingerprint density at radius 3 is 2.55 bits per heavy atom. The number of benzene rings is 1. The van der Waals surface area contributed by atoms with Gasteiger partial charge < -0.3 is 15.5 Å². The van der Waals surface area contributed by atoms with Crippen LogP contribution in [-0.2, 0) is 13.0 Å². The van der Waals surface area contributed by atoms with E-state index in [1.165, 1.54) is 4.68 Å². The summed E-state index contributed by atoms with van der Waals surface area (Å²) in [5, 5.41) is 12.5. The van der Waals surface area contributed by atoms with E-state index in [0.29, 0.717) is 30.9 Å². The number of aromatic nitrogens is 3. The van der Waals surface area contributed by atoms with Gasteiger partial charge in [0.2, 0.25) is 0 Å². The predicted molar refractivity (Wildman–Crippen MR) is 107 cm³/mol. The Morgan fingerprint density at radius 1 is 1.19 bits per heavy atom. The van der Waals surface area contributed by atoms with Crippen LogP contribution in [-0.4, -0.2) is 56.6 Å². The highest BCUT2D eigenvalue weighted by Crippen LogP contribution is 2.26. The van der Waals surface area contributed by atoms with Crippen LogP contribution >= 0.6 is 0 Å². The van der Waals surface area contributed by atoms with Crippen molar-refractivity contribution in [2.75, 3.05) is 13.1 Å². The Morgan fingerprint density at radius 2 is 1.90 bits per heavy atom. The Balaban J connectivity index is 1.82. The van der Waals surface area contributed by atoms with E-state index in [1.54, 1.807) is 11.8 Å². The molecule has 11 heteroatoms. The summed E-state index contributed by atoms with van der Waals surface area (Å²) in [4.78, 5) is 26.3. The first kappa shape index (κ1) is 22.6. The van der Waals surface area contributed by atoms with Gasteiger partial charge in [-0.25, -0.2) is 9.48 Å². The number of carbonyl (C=O) groups is 2. The van der Waals surface area contributed by atoms with E-state index in [9.17, 15) is 22.8 Å². The van der Waals surface area contributed by atoms with Crippen molar-refractivity contribution in [3.8, 4) is 5.69 Å². The number of nitrogens with zero attached hydrogens (tertiary/aromatic N) is 4. The molecule has 1 aromatic carbocycles. The lowest BCUT2D eigenvalue weighted by Gasteiger charge is -2.33. The fourth-order valence-electron chi connectivity index (χ4n) is 3.39. The maximum atomic E-state index is 12.5. The molecule has 0 saturated heterocycles. The van der Waals surface area contributed by atoms with Crippen molar-refractivity contribution in [2.45, 2.75) is 52.4 Å². The molecule has 2 aromatic rings.